The average Bonchev–Trinajstić information content (AvgIpc) is 2.15. The highest BCUT2D eigenvalue weighted by Gasteiger charge is 2.01. The van der Waals surface area contributed by atoms with E-state index in [2.05, 4.69) is 10.3 Å². The van der Waals surface area contributed by atoms with Crippen molar-refractivity contribution in [2.45, 2.75) is 6.42 Å². The number of rotatable bonds is 3. The van der Waals surface area contributed by atoms with Gasteiger partial charge in [0.1, 0.15) is 6.42 Å². The number of carbonyl (C=O) groups is 1. The van der Waals surface area contributed by atoms with Gasteiger partial charge in [-0.3, -0.25) is 0 Å². The van der Waals surface area contributed by atoms with Crippen LogP contribution in [-0.4, -0.2) is 5.97 Å². The molecule has 0 fully saturated rings. The van der Waals surface area contributed by atoms with E-state index in [1.54, 1.807) is 30.3 Å². The van der Waals surface area contributed by atoms with E-state index in [9.17, 15) is 4.79 Å². The van der Waals surface area contributed by atoms with E-state index in [0.29, 0.717) is 10.7 Å². The normalized spacial score (nSPS) is 8.86. The molecule has 1 aromatic rings. The van der Waals surface area contributed by atoms with Crippen LogP contribution in [0.2, 0.25) is 5.02 Å². The molecule has 1 rings (SSSR count). The van der Waals surface area contributed by atoms with E-state index in [-0.39, 0.29) is 6.42 Å². The van der Waals surface area contributed by atoms with Crippen molar-refractivity contribution >= 4 is 23.3 Å². The van der Waals surface area contributed by atoms with Crippen molar-refractivity contribution in [3.63, 3.8) is 0 Å². The highest BCUT2D eigenvalue weighted by molar-refractivity contribution is 6.30. The Bertz CT molecular complexity index is 373. The zero-order chi connectivity index (χ0) is 10.4. The molecule has 72 valence electrons. The van der Waals surface area contributed by atoms with Gasteiger partial charge < -0.3 is 4.84 Å². The zero-order valence-corrected chi connectivity index (χ0v) is 7.91. The topological polar surface area (TPSA) is 62.1 Å². The van der Waals surface area contributed by atoms with E-state index < -0.39 is 5.97 Å². The largest absolute Gasteiger partial charge is 0.346 e. The molecule has 14 heavy (non-hydrogen) atoms. The fourth-order valence-corrected chi connectivity index (χ4v) is 0.959. The lowest BCUT2D eigenvalue weighted by atomic mass is 10.3. The van der Waals surface area contributed by atoms with Crippen molar-refractivity contribution in [1.82, 2.24) is 0 Å². The lowest BCUT2D eigenvalue weighted by Gasteiger charge is -2.04. The minimum atomic E-state index is -0.632. The van der Waals surface area contributed by atoms with Gasteiger partial charge in [-0.25, -0.2) is 10.3 Å². The Balaban J connectivity index is 2.46. The van der Waals surface area contributed by atoms with Crippen molar-refractivity contribution in [2.24, 2.45) is 0 Å². The summed E-state index contributed by atoms with van der Waals surface area (Å²) in [6.07, 6.45) is -0.284. The Hall–Kier alpha value is -1.73. The molecule has 0 aliphatic heterocycles. The second-order valence-electron chi connectivity index (χ2n) is 2.42. The van der Waals surface area contributed by atoms with Crippen LogP contribution in [0.1, 0.15) is 6.42 Å². The molecule has 0 heterocycles. The van der Waals surface area contributed by atoms with Gasteiger partial charge in [-0.05, 0) is 18.2 Å². The van der Waals surface area contributed by atoms with Gasteiger partial charge in [0.25, 0.3) is 0 Å². The van der Waals surface area contributed by atoms with Gasteiger partial charge in [0.05, 0.1) is 11.8 Å². The third-order valence-corrected chi connectivity index (χ3v) is 1.57. The molecule has 0 unspecified atom stereocenters. The quantitative estimate of drug-likeness (QED) is 0.777. The summed E-state index contributed by atoms with van der Waals surface area (Å²) in [6, 6.07) is 8.37. The van der Waals surface area contributed by atoms with E-state index in [1.165, 1.54) is 0 Å². The average molecular weight is 211 g/mol. The van der Waals surface area contributed by atoms with E-state index >= 15 is 0 Å². The van der Waals surface area contributed by atoms with Crippen molar-refractivity contribution in [3.05, 3.63) is 29.3 Å². The number of hydrogen-bond acceptors (Lipinski definition) is 4. The molecular formula is C9H7ClN2O2. The summed E-state index contributed by atoms with van der Waals surface area (Å²) < 4.78 is 0. The summed E-state index contributed by atoms with van der Waals surface area (Å²) in [5.74, 6) is -0.632. The van der Waals surface area contributed by atoms with Gasteiger partial charge in [-0.2, -0.15) is 5.26 Å². The number of halogens is 1. The van der Waals surface area contributed by atoms with Crippen molar-refractivity contribution in [3.8, 4) is 6.07 Å². The fraction of sp³-hybridized carbons (Fsp3) is 0.111. The number of nitrogens with zero attached hydrogens (tertiary/aromatic N) is 1. The standard InChI is InChI=1S/C9H7ClN2O2/c10-7-2-1-3-8(6-7)12-14-9(13)4-5-11/h1-3,6,12H,4H2. The first kappa shape index (κ1) is 10.4. The molecule has 5 heteroatoms. The number of benzene rings is 1. The molecule has 0 aliphatic rings. The second kappa shape index (κ2) is 5.10. The number of hydrogen-bond donors (Lipinski definition) is 1. The molecule has 0 aromatic heterocycles. The van der Waals surface area contributed by atoms with Crippen LogP contribution >= 0.6 is 11.6 Å². The number of nitrogens with one attached hydrogen (secondary N) is 1. The van der Waals surface area contributed by atoms with Gasteiger partial charge in [0.2, 0.25) is 0 Å². The smallest absolute Gasteiger partial charge is 0.342 e. The fourth-order valence-electron chi connectivity index (χ4n) is 0.768. The van der Waals surface area contributed by atoms with Gasteiger partial charge >= 0.3 is 5.97 Å². The molecule has 1 aromatic carbocycles. The SMILES string of the molecule is N#CCC(=O)ONc1cccc(Cl)c1. The third-order valence-electron chi connectivity index (χ3n) is 1.33. The first-order valence-corrected chi connectivity index (χ1v) is 4.18. The van der Waals surface area contributed by atoms with Crippen LogP contribution in [0, 0.1) is 11.3 Å². The Morgan fingerprint density at radius 2 is 2.43 bits per heavy atom. The van der Waals surface area contributed by atoms with E-state index in [1.807, 2.05) is 0 Å². The van der Waals surface area contributed by atoms with Gasteiger partial charge in [-0.1, -0.05) is 17.7 Å². The zero-order valence-electron chi connectivity index (χ0n) is 7.16. The minimum absolute atomic E-state index is 0.284. The summed E-state index contributed by atoms with van der Waals surface area (Å²) >= 11 is 5.69. The van der Waals surface area contributed by atoms with Crippen molar-refractivity contribution < 1.29 is 9.63 Å². The van der Waals surface area contributed by atoms with Gasteiger partial charge in [0.15, 0.2) is 0 Å². The highest BCUT2D eigenvalue weighted by atomic mass is 35.5. The summed E-state index contributed by atoms with van der Waals surface area (Å²) in [7, 11) is 0. The molecule has 0 saturated heterocycles. The minimum Gasteiger partial charge on any atom is -0.342 e. The molecule has 0 saturated carbocycles. The van der Waals surface area contributed by atoms with Crippen LogP contribution in [-0.2, 0) is 9.63 Å². The summed E-state index contributed by atoms with van der Waals surface area (Å²) in [5, 5.41) is 8.71. The Morgan fingerprint density at radius 1 is 1.64 bits per heavy atom. The number of nitriles is 1. The van der Waals surface area contributed by atoms with Crippen LogP contribution in [0.3, 0.4) is 0 Å². The van der Waals surface area contributed by atoms with Crippen LogP contribution in [0.4, 0.5) is 5.69 Å². The molecule has 0 aliphatic carbocycles. The maximum absolute atomic E-state index is 10.8. The van der Waals surface area contributed by atoms with E-state index in [4.69, 9.17) is 16.9 Å². The maximum Gasteiger partial charge on any atom is 0.346 e. The summed E-state index contributed by atoms with van der Waals surface area (Å²) in [6.45, 7) is 0. The lowest BCUT2D eigenvalue weighted by molar-refractivity contribution is -0.139. The first-order chi connectivity index (χ1) is 6.72. The lowest BCUT2D eigenvalue weighted by Crippen LogP contribution is -2.09. The molecule has 1 N–H and O–H groups in total. The van der Waals surface area contributed by atoms with Crippen LogP contribution in [0.5, 0.6) is 0 Å². The molecule has 0 atom stereocenters. The van der Waals surface area contributed by atoms with Gasteiger partial charge in [-0.15, -0.1) is 0 Å². The number of anilines is 1. The maximum atomic E-state index is 10.8. The van der Waals surface area contributed by atoms with E-state index in [0.717, 1.165) is 0 Å². The first-order valence-electron chi connectivity index (χ1n) is 3.80. The Labute approximate surface area is 86.0 Å². The summed E-state index contributed by atoms with van der Waals surface area (Å²) in [5.41, 5.74) is 2.94. The van der Waals surface area contributed by atoms with Crippen LogP contribution in [0.15, 0.2) is 24.3 Å². The van der Waals surface area contributed by atoms with Crippen molar-refractivity contribution in [1.29, 1.82) is 5.26 Å². The predicted octanol–water partition coefficient (Wildman–Crippen LogP) is 2.12. The second-order valence-corrected chi connectivity index (χ2v) is 2.86. The highest BCUT2D eigenvalue weighted by Crippen LogP contribution is 2.14. The molecule has 0 amide bonds. The van der Waals surface area contributed by atoms with Crippen molar-refractivity contribution in [2.75, 3.05) is 5.48 Å². The molecule has 0 radical (unpaired) electrons. The van der Waals surface area contributed by atoms with Gasteiger partial charge in [0, 0.05) is 5.02 Å². The van der Waals surface area contributed by atoms with Crippen LogP contribution in [0.25, 0.3) is 0 Å². The molecule has 4 nitrogen and oxygen atoms in total. The molecule has 0 spiro atoms. The monoisotopic (exact) mass is 210 g/mol. The Kier molecular flexibility index (Phi) is 3.77. The summed E-state index contributed by atoms with van der Waals surface area (Å²) in [4.78, 5) is 15.3. The number of carbonyl (C=O) groups excluding carboxylic acids is 1. The third kappa shape index (κ3) is 3.33. The predicted molar refractivity (Wildman–Crippen MR) is 51.4 cm³/mol. The Morgan fingerprint density at radius 3 is 3.07 bits per heavy atom. The molecular weight excluding hydrogens is 204 g/mol. The molecule has 0 bridgehead atoms. The van der Waals surface area contributed by atoms with Crippen LogP contribution < -0.4 is 5.48 Å².